The van der Waals surface area contributed by atoms with Crippen LogP contribution in [0, 0.1) is 12.3 Å². The molecule has 1 atom stereocenters. The highest BCUT2D eigenvalue weighted by Crippen LogP contribution is 2.33. The lowest BCUT2D eigenvalue weighted by Crippen LogP contribution is -2.50. The summed E-state index contributed by atoms with van der Waals surface area (Å²) in [7, 11) is 0. The molecule has 3 aromatic rings. The Bertz CT molecular complexity index is 1260. The number of anilines is 1. The second-order valence-corrected chi connectivity index (χ2v) is 8.43. The van der Waals surface area contributed by atoms with Gasteiger partial charge in [-0.3, -0.25) is 14.6 Å². The molecule has 3 heterocycles. The van der Waals surface area contributed by atoms with Crippen LogP contribution in [0.4, 0.5) is 5.82 Å². The summed E-state index contributed by atoms with van der Waals surface area (Å²) in [6.45, 7) is 5.29. The Hall–Kier alpha value is -3.94. The fourth-order valence-electron chi connectivity index (χ4n) is 4.59. The number of amides is 1. The average molecular weight is 443 g/mol. The molecule has 2 aliphatic heterocycles. The Morgan fingerprint density at radius 3 is 2.67 bits per heavy atom. The van der Waals surface area contributed by atoms with Crippen molar-refractivity contribution in [2.24, 2.45) is 4.99 Å². The van der Waals surface area contributed by atoms with E-state index in [0.29, 0.717) is 42.9 Å². The van der Waals surface area contributed by atoms with E-state index in [1.807, 2.05) is 49.1 Å². The lowest BCUT2D eigenvalue weighted by molar-refractivity contribution is 0.0836. The van der Waals surface area contributed by atoms with Gasteiger partial charge in [0.25, 0.3) is 5.91 Å². The van der Waals surface area contributed by atoms with Gasteiger partial charge in [-0.2, -0.15) is 0 Å². The van der Waals surface area contributed by atoms with E-state index in [-0.39, 0.29) is 17.7 Å². The predicted octanol–water partition coefficient (Wildman–Crippen LogP) is 3.21. The van der Waals surface area contributed by atoms with E-state index in [0.717, 1.165) is 17.5 Å². The highest BCUT2D eigenvalue weighted by atomic mass is 16.3. The van der Waals surface area contributed by atoms with Gasteiger partial charge in [0.05, 0.1) is 18.8 Å². The monoisotopic (exact) mass is 442 g/mol. The lowest BCUT2D eigenvalue weighted by atomic mass is 10.1. The smallest absolute Gasteiger partial charge is 0.281 e. The van der Waals surface area contributed by atoms with Gasteiger partial charge < -0.3 is 15.1 Å². The van der Waals surface area contributed by atoms with Gasteiger partial charge in [-0.15, -0.1) is 0 Å². The van der Waals surface area contributed by atoms with Crippen LogP contribution >= 0.6 is 0 Å². The van der Waals surface area contributed by atoms with Crippen molar-refractivity contribution in [1.29, 1.82) is 5.41 Å². The van der Waals surface area contributed by atoms with Gasteiger partial charge in [0.1, 0.15) is 5.75 Å². The second kappa shape index (κ2) is 8.20. The van der Waals surface area contributed by atoms with E-state index in [1.165, 1.54) is 11.8 Å². The molecule has 0 radical (unpaired) electrons. The van der Waals surface area contributed by atoms with Crippen molar-refractivity contribution in [3.63, 3.8) is 0 Å². The van der Waals surface area contributed by atoms with Gasteiger partial charge in [0.2, 0.25) is 5.96 Å². The molecule has 0 unspecified atom stereocenters. The molecule has 2 N–H and O–H groups in total. The maximum absolute atomic E-state index is 13.6. The lowest BCUT2D eigenvalue weighted by Gasteiger charge is -2.33. The number of imidazole rings is 1. The van der Waals surface area contributed by atoms with E-state index in [9.17, 15) is 9.90 Å². The molecule has 2 aliphatic rings. The molecular weight excluding hydrogens is 416 g/mol. The Kier molecular flexibility index (Phi) is 5.20. The number of carbonyl (C=O) groups is 1. The fraction of sp³-hybridized carbons (Fsp3) is 0.280. The van der Waals surface area contributed by atoms with Crippen LogP contribution < -0.4 is 4.90 Å². The van der Waals surface area contributed by atoms with Gasteiger partial charge in [-0.05, 0) is 43.0 Å². The number of aliphatic imine (C=N–C) groups is 1. The summed E-state index contributed by atoms with van der Waals surface area (Å²) in [5.41, 5.74) is 3.36. The summed E-state index contributed by atoms with van der Waals surface area (Å²) < 4.78 is 1.79. The molecule has 2 aromatic carbocycles. The molecule has 8 nitrogen and oxygen atoms in total. The average Bonchev–Trinajstić information content (AvgIpc) is 3.39. The molecule has 1 amide bonds. The second-order valence-electron chi connectivity index (χ2n) is 8.43. The maximum atomic E-state index is 13.6. The number of hydrogen-bond acceptors (Lipinski definition) is 6. The third-order valence-electron chi connectivity index (χ3n) is 6.22. The van der Waals surface area contributed by atoms with Crippen LogP contribution in [0.3, 0.4) is 0 Å². The molecule has 1 aromatic heterocycles. The van der Waals surface area contributed by atoms with Crippen LogP contribution in [0.2, 0.25) is 0 Å². The molecular formula is C25H26N6O2. The Morgan fingerprint density at radius 1 is 1.18 bits per heavy atom. The van der Waals surface area contributed by atoms with E-state index in [4.69, 9.17) is 10.4 Å². The van der Waals surface area contributed by atoms with E-state index in [2.05, 4.69) is 17.1 Å². The Balaban J connectivity index is 1.53. The third-order valence-corrected chi connectivity index (χ3v) is 6.22. The van der Waals surface area contributed by atoms with E-state index < -0.39 is 0 Å². The van der Waals surface area contributed by atoms with Crippen molar-refractivity contribution < 1.29 is 9.90 Å². The number of hydrogen-bond donors (Lipinski definition) is 2. The minimum atomic E-state index is -0.154. The molecule has 0 aliphatic carbocycles. The number of fused-ring (bicyclic) bond motifs is 3. The van der Waals surface area contributed by atoms with Crippen LogP contribution in [0.25, 0.3) is 0 Å². The number of aromatic hydroxyl groups is 1. The zero-order valence-corrected chi connectivity index (χ0v) is 18.7. The number of nitrogens with one attached hydrogen (secondary N) is 1. The third kappa shape index (κ3) is 3.57. The zero-order chi connectivity index (χ0) is 23.1. The van der Waals surface area contributed by atoms with Crippen LogP contribution in [-0.2, 0) is 13.0 Å². The highest BCUT2D eigenvalue weighted by molar-refractivity contribution is 6.18. The Labute approximate surface area is 192 Å². The van der Waals surface area contributed by atoms with Crippen molar-refractivity contribution in [2.45, 2.75) is 32.9 Å². The molecule has 0 bridgehead atoms. The molecule has 8 heteroatoms. The summed E-state index contributed by atoms with van der Waals surface area (Å²) in [6, 6.07) is 15.6. The highest BCUT2D eigenvalue weighted by Gasteiger charge is 2.43. The molecule has 0 saturated heterocycles. The standard InChI is InChI=1S/C25H26N6O2/c1-3-29-24(33)22-23(31-15-19(27-25(29)31)12-17-7-5-4-6-8-17)28-21(13-26)30(22)14-18-9-10-20(32)16(2)11-18/h4-11,13,19,26,32H,3,12,14-15H2,1-2H3/t19-/m1/s1. The largest absolute Gasteiger partial charge is 0.508 e. The summed E-state index contributed by atoms with van der Waals surface area (Å²) in [5, 5.41) is 17.8. The molecule has 0 fully saturated rings. The molecule has 168 valence electrons. The number of phenolic OH excluding ortho intramolecular Hbond substituents is 1. The van der Waals surface area contributed by atoms with E-state index >= 15 is 0 Å². The number of aryl methyl sites for hydroxylation is 1. The van der Waals surface area contributed by atoms with Crippen LogP contribution in [-0.4, -0.2) is 56.8 Å². The van der Waals surface area contributed by atoms with Crippen molar-refractivity contribution in [3.05, 3.63) is 76.7 Å². The summed E-state index contributed by atoms with van der Waals surface area (Å²) >= 11 is 0. The van der Waals surface area contributed by atoms with Crippen LogP contribution in [0.1, 0.15) is 39.9 Å². The van der Waals surface area contributed by atoms with Crippen LogP contribution in [0.5, 0.6) is 5.75 Å². The normalized spacial score (nSPS) is 17.1. The maximum Gasteiger partial charge on any atom is 0.281 e. The number of benzene rings is 2. The molecule has 5 rings (SSSR count). The predicted molar refractivity (Wildman–Crippen MR) is 127 cm³/mol. The van der Waals surface area contributed by atoms with E-state index in [1.54, 1.807) is 15.5 Å². The number of nitrogens with zero attached hydrogens (tertiary/aromatic N) is 5. The van der Waals surface area contributed by atoms with Crippen molar-refractivity contribution in [1.82, 2.24) is 14.5 Å². The van der Waals surface area contributed by atoms with Gasteiger partial charge in [-0.1, -0.05) is 42.5 Å². The summed E-state index contributed by atoms with van der Waals surface area (Å²) in [5.74, 6) is 1.70. The summed E-state index contributed by atoms with van der Waals surface area (Å²) in [6.07, 6.45) is 1.97. The molecule has 33 heavy (non-hydrogen) atoms. The minimum absolute atomic E-state index is 0.0172. The first-order valence-electron chi connectivity index (χ1n) is 11.1. The first-order chi connectivity index (χ1) is 16.0. The summed E-state index contributed by atoms with van der Waals surface area (Å²) in [4.78, 5) is 26.8. The number of rotatable bonds is 6. The van der Waals surface area contributed by atoms with Crippen molar-refractivity contribution in [2.75, 3.05) is 18.0 Å². The number of carbonyl (C=O) groups excluding carboxylic acids is 1. The topological polar surface area (TPSA) is 97.8 Å². The first kappa shape index (κ1) is 20.9. The molecule has 0 saturated carbocycles. The van der Waals surface area contributed by atoms with Gasteiger partial charge in [-0.25, -0.2) is 9.98 Å². The van der Waals surface area contributed by atoms with Gasteiger partial charge in [0.15, 0.2) is 17.3 Å². The first-order valence-corrected chi connectivity index (χ1v) is 11.1. The number of guanidine groups is 1. The van der Waals surface area contributed by atoms with Gasteiger partial charge >= 0.3 is 0 Å². The quantitative estimate of drug-likeness (QED) is 0.573. The Morgan fingerprint density at radius 2 is 1.97 bits per heavy atom. The number of phenols is 1. The fourth-order valence-corrected chi connectivity index (χ4v) is 4.59. The number of aromatic nitrogens is 2. The molecule has 0 spiro atoms. The van der Waals surface area contributed by atoms with Crippen molar-refractivity contribution >= 4 is 23.9 Å². The van der Waals surface area contributed by atoms with Crippen LogP contribution in [0.15, 0.2) is 53.5 Å². The SMILES string of the molecule is CCN1C(=O)c2c(nc(C=N)n2Cc2ccc(O)c(C)c2)N2C[C@@H](Cc3ccccc3)N=C12. The van der Waals surface area contributed by atoms with Gasteiger partial charge in [0, 0.05) is 13.1 Å². The van der Waals surface area contributed by atoms with Crippen molar-refractivity contribution in [3.8, 4) is 5.75 Å². The zero-order valence-electron chi connectivity index (χ0n) is 18.7. The minimum Gasteiger partial charge on any atom is -0.508 e.